The fourth-order valence-electron chi connectivity index (χ4n) is 2.55. The third-order valence-corrected chi connectivity index (χ3v) is 4.75. The van der Waals surface area contributed by atoms with Crippen molar-refractivity contribution in [3.63, 3.8) is 0 Å². The van der Waals surface area contributed by atoms with Gasteiger partial charge in [-0.1, -0.05) is 80.1 Å². The molecular weight excluding hydrogens is 334 g/mol. The van der Waals surface area contributed by atoms with E-state index in [4.69, 9.17) is 0 Å². The second-order valence-electron chi connectivity index (χ2n) is 5.63. The Balaban J connectivity index is 2.39. The highest BCUT2D eigenvalue weighted by Gasteiger charge is 2.12. The van der Waals surface area contributed by atoms with Gasteiger partial charge in [0, 0.05) is 26.9 Å². The number of allylic oxidation sites excluding steroid dienone is 4. The lowest BCUT2D eigenvalue weighted by molar-refractivity contribution is 1.20. The molecule has 2 aromatic rings. The van der Waals surface area contributed by atoms with E-state index in [0.29, 0.717) is 0 Å². The lowest BCUT2D eigenvalue weighted by Crippen LogP contribution is -2.14. The maximum absolute atomic E-state index is 4.14. The minimum Gasteiger partial charge on any atom is -0.311 e. The molecule has 0 saturated carbocycles. The molecule has 0 heterocycles. The van der Waals surface area contributed by atoms with Crippen LogP contribution in [0.4, 0.5) is 11.4 Å². The number of rotatable bonds is 8. The van der Waals surface area contributed by atoms with E-state index in [0.717, 1.165) is 32.4 Å². The van der Waals surface area contributed by atoms with Gasteiger partial charge in [-0.15, -0.1) is 0 Å². The van der Waals surface area contributed by atoms with Gasteiger partial charge < -0.3 is 4.90 Å². The first kappa shape index (κ1) is 19.6. The molecule has 0 unspecified atom stereocenters. The second kappa shape index (κ2) is 9.69. The molecule has 0 radical (unpaired) electrons. The summed E-state index contributed by atoms with van der Waals surface area (Å²) in [7, 11) is 0. The highest BCUT2D eigenvalue weighted by Crippen LogP contribution is 2.35. The molecule has 0 spiro atoms. The SMILES string of the molecule is C=CC(=C)SC(=C)c1ccc(N(C(/C=C\C)=C/C)c2ccccc2)cc1. The van der Waals surface area contributed by atoms with E-state index in [1.807, 2.05) is 13.0 Å². The topological polar surface area (TPSA) is 3.24 Å². The average Bonchev–Trinajstić information content (AvgIpc) is 2.68. The van der Waals surface area contributed by atoms with Crippen molar-refractivity contribution in [1.82, 2.24) is 0 Å². The maximum Gasteiger partial charge on any atom is 0.0461 e. The van der Waals surface area contributed by atoms with E-state index in [-0.39, 0.29) is 0 Å². The molecular formula is C24H25NS. The minimum atomic E-state index is 0.897. The Bertz CT molecular complexity index is 826. The predicted octanol–water partition coefficient (Wildman–Crippen LogP) is 7.71. The van der Waals surface area contributed by atoms with E-state index in [1.165, 1.54) is 11.8 Å². The van der Waals surface area contributed by atoms with Crippen LogP contribution in [-0.4, -0.2) is 0 Å². The van der Waals surface area contributed by atoms with Crippen LogP contribution >= 0.6 is 11.8 Å². The Hall–Kier alpha value is -2.71. The van der Waals surface area contributed by atoms with Crippen molar-refractivity contribution in [3.8, 4) is 0 Å². The third kappa shape index (κ3) is 4.90. The van der Waals surface area contributed by atoms with Crippen LogP contribution in [0.15, 0.2) is 109 Å². The highest BCUT2D eigenvalue weighted by molar-refractivity contribution is 8.11. The number of hydrogen-bond acceptors (Lipinski definition) is 2. The first-order valence-corrected chi connectivity index (χ1v) is 9.35. The van der Waals surface area contributed by atoms with Crippen LogP contribution < -0.4 is 4.90 Å². The summed E-state index contributed by atoms with van der Waals surface area (Å²) in [5.41, 5.74) is 4.44. The molecule has 0 fully saturated rings. The van der Waals surface area contributed by atoms with Crippen LogP contribution in [0.5, 0.6) is 0 Å². The van der Waals surface area contributed by atoms with Crippen LogP contribution in [0.2, 0.25) is 0 Å². The molecule has 0 aromatic heterocycles. The number of thioether (sulfide) groups is 1. The van der Waals surface area contributed by atoms with Gasteiger partial charge in [0.05, 0.1) is 0 Å². The van der Waals surface area contributed by atoms with Gasteiger partial charge in [0.15, 0.2) is 0 Å². The highest BCUT2D eigenvalue weighted by atomic mass is 32.2. The maximum atomic E-state index is 4.14. The van der Waals surface area contributed by atoms with Crippen LogP contribution in [0.25, 0.3) is 4.91 Å². The van der Waals surface area contributed by atoms with Gasteiger partial charge in [-0.2, -0.15) is 0 Å². The second-order valence-corrected chi connectivity index (χ2v) is 6.85. The van der Waals surface area contributed by atoms with Gasteiger partial charge in [-0.3, -0.25) is 0 Å². The lowest BCUT2D eigenvalue weighted by Gasteiger charge is -2.26. The molecule has 2 heteroatoms. The zero-order valence-electron chi connectivity index (χ0n) is 15.5. The van der Waals surface area contributed by atoms with Crippen molar-refractivity contribution in [2.45, 2.75) is 13.8 Å². The van der Waals surface area contributed by atoms with Crippen molar-refractivity contribution in [2.24, 2.45) is 0 Å². The fourth-order valence-corrected chi connectivity index (χ4v) is 3.20. The molecule has 0 amide bonds. The van der Waals surface area contributed by atoms with Gasteiger partial charge in [-0.25, -0.2) is 0 Å². The van der Waals surface area contributed by atoms with E-state index >= 15 is 0 Å². The minimum absolute atomic E-state index is 0.897. The van der Waals surface area contributed by atoms with Gasteiger partial charge >= 0.3 is 0 Å². The summed E-state index contributed by atoms with van der Waals surface area (Å²) in [6.45, 7) is 15.9. The van der Waals surface area contributed by atoms with Crippen molar-refractivity contribution < 1.29 is 0 Å². The Morgan fingerprint density at radius 3 is 2.08 bits per heavy atom. The van der Waals surface area contributed by atoms with Crippen LogP contribution in [0, 0.1) is 0 Å². The predicted molar refractivity (Wildman–Crippen MR) is 120 cm³/mol. The third-order valence-electron chi connectivity index (χ3n) is 3.84. The zero-order chi connectivity index (χ0) is 18.9. The monoisotopic (exact) mass is 359 g/mol. The molecule has 0 aliphatic rings. The van der Waals surface area contributed by atoms with Crippen LogP contribution in [0.3, 0.4) is 0 Å². The standard InChI is InChI=1S/C24H25NS/c1-6-12-22(8-3)25(23-13-10-9-11-14-23)24-17-15-21(16-18-24)20(5)26-19(4)7-2/h6-18H,2,4-5H2,1,3H3/b12-6-,22-8+. The summed E-state index contributed by atoms with van der Waals surface area (Å²) in [5.74, 6) is 0. The summed E-state index contributed by atoms with van der Waals surface area (Å²) in [6, 6.07) is 18.8. The van der Waals surface area contributed by atoms with E-state index < -0.39 is 0 Å². The normalized spacial score (nSPS) is 11.4. The Kier molecular flexibility index (Phi) is 7.31. The van der Waals surface area contributed by atoms with E-state index in [9.17, 15) is 0 Å². The Morgan fingerprint density at radius 2 is 1.54 bits per heavy atom. The smallest absolute Gasteiger partial charge is 0.0461 e. The van der Waals surface area contributed by atoms with Gasteiger partial charge in [0.2, 0.25) is 0 Å². The van der Waals surface area contributed by atoms with E-state index in [2.05, 4.69) is 98.3 Å². The largest absolute Gasteiger partial charge is 0.311 e. The molecule has 0 bridgehead atoms. The zero-order valence-corrected chi connectivity index (χ0v) is 16.3. The molecule has 0 aliphatic carbocycles. The number of para-hydroxylation sites is 1. The molecule has 1 nitrogen and oxygen atoms in total. The molecule has 0 N–H and O–H groups in total. The summed E-state index contributed by atoms with van der Waals surface area (Å²) in [5, 5.41) is 0. The lowest BCUT2D eigenvalue weighted by atomic mass is 10.1. The molecule has 0 saturated heterocycles. The van der Waals surface area contributed by atoms with Gasteiger partial charge in [0.1, 0.15) is 0 Å². The number of nitrogens with zero attached hydrogens (tertiary/aromatic N) is 1. The summed E-state index contributed by atoms with van der Waals surface area (Å²) >= 11 is 1.54. The van der Waals surface area contributed by atoms with Gasteiger partial charge in [-0.05, 0) is 49.8 Å². The fraction of sp³-hybridized carbons (Fsp3) is 0.0833. The summed E-state index contributed by atoms with van der Waals surface area (Å²) in [6.07, 6.45) is 8.03. The average molecular weight is 360 g/mol. The van der Waals surface area contributed by atoms with Crippen molar-refractivity contribution >= 4 is 28.0 Å². The van der Waals surface area contributed by atoms with Crippen molar-refractivity contribution in [3.05, 3.63) is 115 Å². The molecule has 2 rings (SSSR count). The molecule has 26 heavy (non-hydrogen) atoms. The summed E-state index contributed by atoms with van der Waals surface area (Å²) < 4.78 is 0. The Morgan fingerprint density at radius 1 is 0.923 bits per heavy atom. The molecule has 0 aliphatic heterocycles. The molecule has 132 valence electrons. The molecule has 0 atom stereocenters. The molecule has 2 aromatic carbocycles. The van der Waals surface area contributed by atoms with Crippen molar-refractivity contribution in [1.29, 1.82) is 0 Å². The van der Waals surface area contributed by atoms with Crippen LogP contribution in [-0.2, 0) is 0 Å². The van der Waals surface area contributed by atoms with Gasteiger partial charge in [0.25, 0.3) is 0 Å². The summed E-state index contributed by atoms with van der Waals surface area (Å²) in [4.78, 5) is 4.10. The number of benzene rings is 2. The number of anilines is 2. The van der Waals surface area contributed by atoms with E-state index in [1.54, 1.807) is 6.08 Å². The van der Waals surface area contributed by atoms with Crippen LogP contribution in [0.1, 0.15) is 19.4 Å². The first-order valence-electron chi connectivity index (χ1n) is 8.53. The van der Waals surface area contributed by atoms with Crippen molar-refractivity contribution in [2.75, 3.05) is 4.90 Å². The number of hydrogen-bond donors (Lipinski definition) is 0. The Labute approximate surface area is 161 Å². The quantitative estimate of drug-likeness (QED) is 0.444. The first-order chi connectivity index (χ1) is 12.6.